The van der Waals surface area contributed by atoms with Gasteiger partial charge in [-0.05, 0) is 30.3 Å². The van der Waals surface area contributed by atoms with E-state index in [-0.39, 0.29) is 12.2 Å². The molecule has 3 rings (SSSR count). The predicted molar refractivity (Wildman–Crippen MR) is 111 cm³/mol. The third-order valence-electron chi connectivity index (χ3n) is 3.96. The molecule has 0 fully saturated rings. The molecule has 0 aliphatic rings. The Morgan fingerprint density at radius 1 is 1.00 bits per heavy atom. The van der Waals surface area contributed by atoms with Crippen molar-refractivity contribution < 1.29 is 9.53 Å². The second kappa shape index (κ2) is 9.40. The first-order valence-corrected chi connectivity index (χ1v) is 8.98. The van der Waals surface area contributed by atoms with Crippen molar-refractivity contribution in [1.29, 1.82) is 5.26 Å². The normalized spacial score (nSPS) is 10.8. The zero-order valence-electron chi connectivity index (χ0n) is 14.9. The molecule has 1 N–H and O–H groups in total. The second-order valence-electron chi connectivity index (χ2n) is 5.91. The van der Waals surface area contributed by atoms with E-state index in [1.807, 2.05) is 54.6 Å². The zero-order valence-corrected chi connectivity index (χ0v) is 15.7. The third-order valence-corrected chi connectivity index (χ3v) is 4.33. The molecule has 0 aromatic heterocycles. The number of rotatable bonds is 6. The molecule has 0 atom stereocenters. The number of nitrogens with one attached hydrogen (secondary N) is 1. The van der Waals surface area contributed by atoms with Crippen molar-refractivity contribution in [1.82, 2.24) is 0 Å². The fourth-order valence-electron chi connectivity index (χ4n) is 2.53. The summed E-state index contributed by atoms with van der Waals surface area (Å²) in [5.74, 6) is 0.0808. The maximum atomic E-state index is 12.4. The molecule has 4 nitrogen and oxygen atoms in total. The molecule has 0 aliphatic heterocycles. The molecule has 0 radical (unpaired) electrons. The summed E-state index contributed by atoms with van der Waals surface area (Å²) in [6.07, 6.45) is 1.51. The van der Waals surface area contributed by atoms with Gasteiger partial charge in [-0.2, -0.15) is 5.26 Å². The lowest BCUT2D eigenvalue weighted by molar-refractivity contribution is -0.112. The molecule has 1 amide bonds. The lowest BCUT2D eigenvalue weighted by atomic mass is 10.1. The van der Waals surface area contributed by atoms with E-state index in [0.717, 1.165) is 5.56 Å². The van der Waals surface area contributed by atoms with Crippen molar-refractivity contribution in [2.75, 3.05) is 5.32 Å². The standard InChI is InChI=1S/C23H17ClN2O2/c24-21-12-6-4-9-18(21)16-28-22-13-7-5-8-17(22)14-19(15-25)23(27)26-20-10-2-1-3-11-20/h1-14H,16H2,(H,26,27)/b19-14+. The van der Waals surface area contributed by atoms with Crippen LogP contribution in [0.15, 0.2) is 84.4 Å². The molecule has 3 aromatic rings. The van der Waals surface area contributed by atoms with Gasteiger partial charge >= 0.3 is 0 Å². The maximum Gasteiger partial charge on any atom is 0.266 e. The van der Waals surface area contributed by atoms with Crippen LogP contribution in [0.25, 0.3) is 6.08 Å². The number of carbonyl (C=O) groups is 1. The highest BCUT2D eigenvalue weighted by atomic mass is 35.5. The molecule has 138 valence electrons. The Labute approximate surface area is 168 Å². The number of ether oxygens (including phenoxy) is 1. The highest BCUT2D eigenvalue weighted by Crippen LogP contribution is 2.24. The number of hydrogen-bond donors (Lipinski definition) is 1. The van der Waals surface area contributed by atoms with E-state index in [9.17, 15) is 10.1 Å². The lowest BCUT2D eigenvalue weighted by Gasteiger charge is -2.11. The van der Waals surface area contributed by atoms with E-state index in [4.69, 9.17) is 16.3 Å². The highest BCUT2D eigenvalue weighted by molar-refractivity contribution is 6.31. The summed E-state index contributed by atoms with van der Waals surface area (Å²) in [5.41, 5.74) is 2.09. The monoisotopic (exact) mass is 388 g/mol. The molecule has 0 spiro atoms. The molecule has 3 aromatic carbocycles. The van der Waals surface area contributed by atoms with Gasteiger partial charge in [0.1, 0.15) is 24.0 Å². The van der Waals surface area contributed by atoms with Crippen LogP contribution in [0, 0.1) is 11.3 Å². The van der Waals surface area contributed by atoms with Gasteiger partial charge in [-0.15, -0.1) is 0 Å². The summed E-state index contributed by atoms with van der Waals surface area (Å²) in [6.45, 7) is 0.280. The molecule has 28 heavy (non-hydrogen) atoms. The molecular formula is C23H17ClN2O2. The molecule has 0 bridgehead atoms. The van der Waals surface area contributed by atoms with Gasteiger partial charge in [0.2, 0.25) is 0 Å². The van der Waals surface area contributed by atoms with Gasteiger partial charge in [0.15, 0.2) is 0 Å². The predicted octanol–water partition coefficient (Wildman–Crippen LogP) is 5.46. The van der Waals surface area contributed by atoms with Crippen molar-refractivity contribution in [3.63, 3.8) is 0 Å². The largest absolute Gasteiger partial charge is 0.488 e. The average molecular weight is 389 g/mol. The van der Waals surface area contributed by atoms with E-state index in [1.165, 1.54) is 6.08 Å². The summed E-state index contributed by atoms with van der Waals surface area (Å²) in [6, 6.07) is 25.6. The van der Waals surface area contributed by atoms with Crippen molar-refractivity contribution in [2.24, 2.45) is 0 Å². The van der Waals surface area contributed by atoms with Crippen molar-refractivity contribution in [3.05, 3.63) is 101 Å². The molecule has 0 unspecified atom stereocenters. The smallest absolute Gasteiger partial charge is 0.266 e. The van der Waals surface area contributed by atoms with Crippen LogP contribution in [0.4, 0.5) is 5.69 Å². The first-order chi connectivity index (χ1) is 13.7. The Morgan fingerprint density at radius 3 is 2.43 bits per heavy atom. The topological polar surface area (TPSA) is 62.1 Å². The van der Waals surface area contributed by atoms with Crippen molar-refractivity contribution >= 4 is 29.3 Å². The van der Waals surface area contributed by atoms with Gasteiger partial charge in [-0.1, -0.05) is 66.2 Å². The number of nitrogens with zero attached hydrogens (tertiary/aromatic N) is 1. The Hall–Kier alpha value is -3.55. The number of para-hydroxylation sites is 2. The summed E-state index contributed by atoms with van der Waals surface area (Å²) in [5, 5.41) is 12.8. The number of amides is 1. The van der Waals surface area contributed by atoms with Gasteiger partial charge < -0.3 is 10.1 Å². The molecule has 0 aliphatic carbocycles. The molecule has 0 saturated carbocycles. The number of hydrogen-bond acceptors (Lipinski definition) is 3. The summed E-state index contributed by atoms with van der Waals surface area (Å²) >= 11 is 6.17. The summed E-state index contributed by atoms with van der Waals surface area (Å²) < 4.78 is 5.88. The van der Waals surface area contributed by atoms with Gasteiger partial charge in [-0.25, -0.2) is 0 Å². The summed E-state index contributed by atoms with van der Waals surface area (Å²) in [7, 11) is 0. The fraction of sp³-hybridized carbons (Fsp3) is 0.0435. The minimum atomic E-state index is -0.477. The number of carbonyl (C=O) groups excluding carboxylic acids is 1. The summed E-state index contributed by atoms with van der Waals surface area (Å²) in [4.78, 5) is 12.4. The first-order valence-electron chi connectivity index (χ1n) is 8.61. The Balaban J connectivity index is 1.79. The Kier molecular flexibility index (Phi) is 6.46. The number of anilines is 1. The van der Waals surface area contributed by atoms with Crippen LogP contribution in [0.5, 0.6) is 5.75 Å². The van der Waals surface area contributed by atoms with Crippen LogP contribution < -0.4 is 10.1 Å². The SMILES string of the molecule is N#C/C(=C\c1ccccc1OCc1ccccc1Cl)C(=O)Nc1ccccc1. The molecule has 0 saturated heterocycles. The Bertz CT molecular complexity index is 1040. The van der Waals surface area contributed by atoms with E-state index in [2.05, 4.69) is 5.32 Å². The minimum absolute atomic E-state index is 0.0161. The van der Waals surface area contributed by atoms with Crippen molar-refractivity contribution in [3.8, 4) is 11.8 Å². The quantitative estimate of drug-likeness (QED) is 0.450. The van der Waals surface area contributed by atoms with Gasteiger partial charge in [-0.3, -0.25) is 4.79 Å². The van der Waals surface area contributed by atoms with Crippen LogP contribution in [0.1, 0.15) is 11.1 Å². The van der Waals surface area contributed by atoms with Gasteiger partial charge in [0.25, 0.3) is 5.91 Å². The van der Waals surface area contributed by atoms with E-state index in [0.29, 0.717) is 22.0 Å². The zero-order chi connectivity index (χ0) is 19.8. The lowest BCUT2D eigenvalue weighted by Crippen LogP contribution is -2.13. The van der Waals surface area contributed by atoms with E-state index >= 15 is 0 Å². The first kappa shape index (κ1) is 19.2. The van der Waals surface area contributed by atoms with Crippen LogP contribution in [0.2, 0.25) is 5.02 Å². The van der Waals surface area contributed by atoms with Crippen LogP contribution >= 0.6 is 11.6 Å². The van der Waals surface area contributed by atoms with Crippen LogP contribution in [-0.2, 0) is 11.4 Å². The maximum absolute atomic E-state index is 12.4. The average Bonchev–Trinajstić information content (AvgIpc) is 2.73. The van der Waals surface area contributed by atoms with Gasteiger partial charge in [0.05, 0.1) is 0 Å². The number of benzene rings is 3. The highest BCUT2D eigenvalue weighted by Gasteiger charge is 2.11. The van der Waals surface area contributed by atoms with Crippen LogP contribution in [-0.4, -0.2) is 5.91 Å². The second-order valence-corrected chi connectivity index (χ2v) is 6.32. The third kappa shape index (κ3) is 5.00. The minimum Gasteiger partial charge on any atom is -0.488 e. The van der Waals surface area contributed by atoms with E-state index in [1.54, 1.807) is 30.3 Å². The molecule has 0 heterocycles. The van der Waals surface area contributed by atoms with E-state index < -0.39 is 5.91 Å². The fourth-order valence-corrected chi connectivity index (χ4v) is 2.72. The van der Waals surface area contributed by atoms with Crippen LogP contribution in [0.3, 0.4) is 0 Å². The molecule has 5 heteroatoms. The molecular weight excluding hydrogens is 372 g/mol. The number of halogens is 1. The van der Waals surface area contributed by atoms with Gasteiger partial charge in [0, 0.05) is 21.8 Å². The number of nitriles is 1. The Morgan fingerprint density at radius 2 is 1.68 bits per heavy atom. The van der Waals surface area contributed by atoms with Crippen molar-refractivity contribution in [2.45, 2.75) is 6.61 Å².